The van der Waals surface area contributed by atoms with Gasteiger partial charge in [-0.3, -0.25) is 0 Å². The first kappa shape index (κ1) is 9.73. The number of alkyl halides is 1. The van der Waals surface area contributed by atoms with Crippen molar-refractivity contribution in [1.82, 2.24) is 0 Å². The normalized spacial score (nSPS) is 14.3. The van der Waals surface area contributed by atoms with Crippen LogP contribution in [0, 0.1) is 12.3 Å². The summed E-state index contributed by atoms with van der Waals surface area (Å²) >= 11 is 2.52. The van der Waals surface area contributed by atoms with Gasteiger partial charge in [-0.15, -0.1) is 0 Å². The molecule has 0 aromatic rings. The van der Waals surface area contributed by atoms with Crippen LogP contribution < -0.4 is 0 Å². The minimum atomic E-state index is 0.827. The zero-order valence-corrected chi connectivity index (χ0v) is 8.68. The van der Waals surface area contributed by atoms with Crippen LogP contribution in [0.1, 0.15) is 33.6 Å². The fourth-order valence-electron chi connectivity index (χ4n) is 0.598. The zero-order chi connectivity index (χ0) is 7.28. The average Bonchev–Trinajstić information content (AvgIpc) is 1.82. The molecule has 0 rings (SSSR count). The zero-order valence-electron chi connectivity index (χ0n) is 6.52. The van der Waals surface area contributed by atoms with E-state index in [9.17, 15) is 0 Å². The van der Waals surface area contributed by atoms with Crippen molar-refractivity contribution in [3.63, 3.8) is 0 Å². The summed E-state index contributed by atoms with van der Waals surface area (Å²) in [7, 11) is 0. The number of hydrogen-bond donors (Lipinski definition) is 0. The maximum Gasteiger partial charge on any atom is 0.0135 e. The number of halogens is 1. The predicted octanol–water partition coefficient (Wildman–Crippen LogP) is 3.45. The Morgan fingerprint density at radius 3 is 2.33 bits per heavy atom. The molecule has 0 fully saturated rings. The smallest absolute Gasteiger partial charge is 0.0135 e. The summed E-state index contributed by atoms with van der Waals surface area (Å²) < 4.78 is 0.836. The lowest BCUT2D eigenvalue weighted by molar-refractivity contribution is 0.613. The molecule has 0 aromatic heterocycles. The van der Waals surface area contributed by atoms with Crippen LogP contribution in [0.2, 0.25) is 0 Å². The Balaban J connectivity index is 3.16. The van der Waals surface area contributed by atoms with Gasteiger partial charge in [0.1, 0.15) is 0 Å². The third kappa shape index (κ3) is 5.19. The molecule has 0 spiro atoms. The SMILES string of the molecule is CC[CH]CC(I)C(C)C. The molecule has 0 aliphatic heterocycles. The van der Waals surface area contributed by atoms with Crippen molar-refractivity contribution < 1.29 is 0 Å². The van der Waals surface area contributed by atoms with Gasteiger partial charge in [-0.05, 0) is 18.8 Å². The maximum atomic E-state index is 2.52. The third-order valence-electron chi connectivity index (χ3n) is 1.40. The fraction of sp³-hybridized carbons (Fsp3) is 0.875. The summed E-state index contributed by atoms with van der Waals surface area (Å²) in [4.78, 5) is 0. The summed E-state index contributed by atoms with van der Waals surface area (Å²) in [5, 5.41) is 0. The molecule has 0 N–H and O–H groups in total. The van der Waals surface area contributed by atoms with E-state index in [1.165, 1.54) is 12.8 Å². The van der Waals surface area contributed by atoms with E-state index < -0.39 is 0 Å². The molecule has 0 saturated heterocycles. The van der Waals surface area contributed by atoms with Crippen molar-refractivity contribution in [3.8, 4) is 0 Å². The van der Waals surface area contributed by atoms with Crippen LogP contribution in [0.5, 0.6) is 0 Å². The molecule has 9 heavy (non-hydrogen) atoms. The van der Waals surface area contributed by atoms with Crippen LogP contribution in [0.3, 0.4) is 0 Å². The summed E-state index contributed by atoms with van der Waals surface area (Å²) in [5.41, 5.74) is 0. The monoisotopic (exact) mass is 239 g/mol. The molecule has 0 aliphatic carbocycles. The Kier molecular flexibility index (Phi) is 5.96. The fourth-order valence-corrected chi connectivity index (χ4v) is 0.958. The summed E-state index contributed by atoms with van der Waals surface area (Å²) in [5.74, 6) is 0.827. The van der Waals surface area contributed by atoms with Crippen LogP contribution in [0.4, 0.5) is 0 Å². The number of rotatable bonds is 4. The third-order valence-corrected chi connectivity index (χ3v) is 3.35. The highest BCUT2D eigenvalue weighted by atomic mass is 127. The number of hydrogen-bond acceptors (Lipinski definition) is 0. The van der Waals surface area contributed by atoms with Crippen LogP contribution >= 0.6 is 22.6 Å². The Morgan fingerprint density at radius 1 is 1.44 bits per heavy atom. The summed E-state index contributed by atoms with van der Waals surface area (Å²) in [6.07, 6.45) is 4.85. The highest BCUT2D eigenvalue weighted by Gasteiger charge is 2.06. The van der Waals surface area contributed by atoms with E-state index in [-0.39, 0.29) is 0 Å². The first-order valence-electron chi connectivity index (χ1n) is 3.64. The number of unbranched alkanes of at least 4 members (excludes halogenated alkanes) is 1. The molecule has 0 saturated carbocycles. The molecule has 0 heterocycles. The van der Waals surface area contributed by atoms with Gasteiger partial charge < -0.3 is 0 Å². The molecular weight excluding hydrogens is 223 g/mol. The van der Waals surface area contributed by atoms with Crippen molar-refractivity contribution >= 4 is 22.6 Å². The quantitative estimate of drug-likeness (QED) is 0.520. The van der Waals surface area contributed by atoms with E-state index >= 15 is 0 Å². The van der Waals surface area contributed by atoms with Gasteiger partial charge in [0.2, 0.25) is 0 Å². The van der Waals surface area contributed by atoms with E-state index in [2.05, 4.69) is 49.8 Å². The molecule has 0 nitrogen and oxygen atoms in total. The van der Waals surface area contributed by atoms with Crippen molar-refractivity contribution in [2.24, 2.45) is 5.92 Å². The van der Waals surface area contributed by atoms with Crippen LogP contribution in [-0.4, -0.2) is 3.92 Å². The molecule has 0 bridgehead atoms. The van der Waals surface area contributed by atoms with E-state index in [4.69, 9.17) is 0 Å². The van der Waals surface area contributed by atoms with E-state index in [1.54, 1.807) is 0 Å². The molecule has 0 aromatic carbocycles. The Bertz CT molecular complexity index is 59.6. The molecule has 1 heteroatoms. The minimum Gasteiger partial charge on any atom is -0.0823 e. The largest absolute Gasteiger partial charge is 0.0823 e. The predicted molar refractivity (Wildman–Crippen MR) is 51.9 cm³/mol. The Morgan fingerprint density at radius 2 is 2.00 bits per heavy atom. The van der Waals surface area contributed by atoms with Crippen molar-refractivity contribution in [1.29, 1.82) is 0 Å². The standard InChI is InChI=1S/C8H16I/c1-4-5-6-8(9)7(2)3/h5,7-8H,4,6H2,1-3H3. The van der Waals surface area contributed by atoms with E-state index in [0.29, 0.717) is 0 Å². The maximum absolute atomic E-state index is 2.52. The van der Waals surface area contributed by atoms with E-state index in [1.807, 2.05) is 0 Å². The first-order chi connectivity index (χ1) is 4.18. The lowest BCUT2D eigenvalue weighted by Gasteiger charge is -2.11. The highest BCUT2D eigenvalue weighted by Crippen LogP contribution is 2.17. The van der Waals surface area contributed by atoms with Gasteiger partial charge in [-0.2, -0.15) is 0 Å². The van der Waals surface area contributed by atoms with Gasteiger partial charge in [-0.1, -0.05) is 49.8 Å². The Hall–Kier alpha value is 0.730. The van der Waals surface area contributed by atoms with Gasteiger partial charge in [0, 0.05) is 3.92 Å². The topological polar surface area (TPSA) is 0 Å². The molecular formula is C8H16I. The first-order valence-corrected chi connectivity index (χ1v) is 4.88. The molecule has 1 unspecified atom stereocenters. The van der Waals surface area contributed by atoms with E-state index in [0.717, 1.165) is 9.84 Å². The summed E-state index contributed by atoms with van der Waals surface area (Å²) in [6.45, 7) is 6.75. The lowest BCUT2D eigenvalue weighted by Crippen LogP contribution is -2.06. The second-order valence-electron chi connectivity index (χ2n) is 2.69. The summed E-state index contributed by atoms with van der Waals surface area (Å²) in [6, 6.07) is 0. The van der Waals surface area contributed by atoms with Crippen molar-refractivity contribution in [2.75, 3.05) is 0 Å². The Labute approximate surface area is 72.6 Å². The van der Waals surface area contributed by atoms with Gasteiger partial charge >= 0.3 is 0 Å². The van der Waals surface area contributed by atoms with Crippen molar-refractivity contribution in [3.05, 3.63) is 6.42 Å². The van der Waals surface area contributed by atoms with Crippen molar-refractivity contribution in [2.45, 2.75) is 37.5 Å². The average molecular weight is 239 g/mol. The highest BCUT2D eigenvalue weighted by molar-refractivity contribution is 14.1. The van der Waals surface area contributed by atoms with Gasteiger partial charge in [-0.25, -0.2) is 0 Å². The molecule has 1 atom stereocenters. The second kappa shape index (κ2) is 5.51. The molecule has 1 radical (unpaired) electrons. The van der Waals surface area contributed by atoms with Gasteiger partial charge in [0.25, 0.3) is 0 Å². The molecule has 0 aliphatic rings. The lowest BCUT2D eigenvalue weighted by atomic mass is 10.1. The minimum absolute atomic E-state index is 0.827. The van der Waals surface area contributed by atoms with Crippen LogP contribution in [-0.2, 0) is 0 Å². The van der Waals surface area contributed by atoms with Gasteiger partial charge in [0.05, 0.1) is 0 Å². The molecule has 0 amide bonds. The second-order valence-corrected chi connectivity index (χ2v) is 4.29. The molecule has 55 valence electrons. The van der Waals surface area contributed by atoms with Crippen LogP contribution in [0.25, 0.3) is 0 Å². The van der Waals surface area contributed by atoms with Crippen LogP contribution in [0.15, 0.2) is 0 Å². The van der Waals surface area contributed by atoms with Gasteiger partial charge in [0.15, 0.2) is 0 Å².